The van der Waals surface area contributed by atoms with Crippen LogP contribution < -0.4 is 15.4 Å². The first-order valence-corrected chi connectivity index (χ1v) is 17.9. The summed E-state index contributed by atoms with van der Waals surface area (Å²) in [6.45, 7) is 0.648. The third kappa shape index (κ3) is 7.24. The highest BCUT2D eigenvalue weighted by molar-refractivity contribution is 7.91. The molecule has 1 saturated heterocycles. The zero-order valence-electron chi connectivity index (χ0n) is 26.1. The molecule has 5 amide bonds. The van der Waals surface area contributed by atoms with Gasteiger partial charge in [0.1, 0.15) is 23.7 Å². The summed E-state index contributed by atoms with van der Waals surface area (Å²) in [5.74, 6) is -2.62. The smallest absolute Gasteiger partial charge is 0.410 e. The van der Waals surface area contributed by atoms with E-state index in [1.165, 1.54) is 4.90 Å². The summed E-state index contributed by atoms with van der Waals surface area (Å²) in [7, 11) is -3.89. The van der Waals surface area contributed by atoms with Gasteiger partial charge in [-0.1, -0.05) is 49.3 Å². The van der Waals surface area contributed by atoms with Gasteiger partial charge in [0.05, 0.1) is 11.8 Å². The van der Waals surface area contributed by atoms with Gasteiger partial charge in [-0.25, -0.2) is 18.0 Å². The van der Waals surface area contributed by atoms with Crippen molar-refractivity contribution in [1.82, 2.24) is 25.2 Å². The van der Waals surface area contributed by atoms with E-state index in [0.29, 0.717) is 51.6 Å². The van der Waals surface area contributed by atoms with Gasteiger partial charge >= 0.3 is 12.2 Å². The van der Waals surface area contributed by atoms with Crippen molar-refractivity contribution >= 4 is 39.9 Å². The van der Waals surface area contributed by atoms with Crippen LogP contribution in [0.4, 0.5) is 9.59 Å². The van der Waals surface area contributed by atoms with Crippen LogP contribution in [0.15, 0.2) is 36.4 Å². The number of carbonyl (C=O) groups is 5. The Balaban J connectivity index is 1.23. The first kappa shape index (κ1) is 32.8. The van der Waals surface area contributed by atoms with Crippen molar-refractivity contribution in [2.75, 3.05) is 13.1 Å². The summed E-state index contributed by atoms with van der Waals surface area (Å²) >= 11 is 0. The zero-order chi connectivity index (χ0) is 33.3. The minimum Gasteiger partial charge on any atom is -0.465 e. The van der Waals surface area contributed by atoms with E-state index >= 15 is 0 Å². The Kier molecular flexibility index (Phi) is 9.18. The molecule has 3 heterocycles. The molecule has 0 unspecified atom stereocenters. The lowest BCUT2D eigenvalue weighted by molar-refractivity contribution is -0.141. The summed E-state index contributed by atoms with van der Waals surface area (Å²) in [6.07, 6.45) is 5.44. The molecule has 3 fully saturated rings. The maximum Gasteiger partial charge on any atom is 0.410 e. The van der Waals surface area contributed by atoms with Crippen molar-refractivity contribution in [2.45, 2.75) is 99.7 Å². The van der Waals surface area contributed by atoms with E-state index < -0.39 is 74.8 Å². The Morgan fingerprint density at radius 2 is 1.81 bits per heavy atom. The molecule has 1 aromatic carbocycles. The van der Waals surface area contributed by atoms with Gasteiger partial charge in [-0.3, -0.25) is 19.1 Å². The number of rotatable bonds is 5. The minimum absolute atomic E-state index is 0.0773. The van der Waals surface area contributed by atoms with E-state index in [9.17, 15) is 37.5 Å². The summed E-state index contributed by atoms with van der Waals surface area (Å²) in [5, 5.41) is 13.9. The Hall–Kier alpha value is -4.14. The first-order valence-electron chi connectivity index (χ1n) is 16.3. The largest absolute Gasteiger partial charge is 0.465 e. The molecule has 5 atom stereocenters. The van der Waals surface area contributed by atoms with E-state index in [1.54, 1.807) is 4.90 Å². The number of fused-ring (bicyclic) bond motifs is 3. The Morgan fingerprint density at radius 1 is 1.04 bits per heavy atom. The highest BCUT2D eigenvalue weighted by Crippen LogP contribution is 2.46. The summed E-state index contributed by atoms with van der Waals surface area (Å²) in [5.41, 5.74) is 0.630. The van der Waals surface area contributed by atoms with Gasteiger partial charge in [-0.05, 0) is 56.1 Å². The van der Waals surface area contributed by atoms with E-state index in [2.05, 4.69) is 15.4 Å². The molecule has 0 bridgehead atoms. The first-order chi connectivity index (χ1) is 22.5. The zero-order valence-corrected chi connectivity index (χ0v) is 26.9. The van der Waals surface area contributed by atoms with Crippen LogP contribution in [0, 0.1) is 5.92 Å². The van der Waals surface area contributed by atoms with Gasteiger partial charge in [-0.2, -0.15) is 0 Å². The molecule has 0 aromatic heterocycles. The molecule has 2 saturated carbocycles. The molecule has 4 N–H and O–H groups in total. The highest BCUT2D eigenvalue weighted by atomic mass is 32.2. The molecule has 3 aliphatic heterocycles. The second-order valence-electron chi connectivity index (χ2n) is 13.2. The molecule has 15 heteroatoms. The van der Waals surface area contributed by atoms with Gasteiger partial charge in [0, 0.05) is 25.4 Å². The maximum atomic E-state index is 14.0. The third-order valence-electron chi connectivity index (χ3n) is 9.80. The van der Waals surface area contributed by atoms with E-state index in [1.807, 2.05) is 36.4 Å². The lowest BCUT2D eigenvalue weighted by Gasteiger charge is -2.30. The lowest BCUT2D eigenvalue weighted by Crippen LogP contribution is -2.58. The van der Waals surface area contributed by atoms with Gasteiger partial charge in [0.2, 0.25) is 21.8 Å². The second kappa shape index (κ2) is 13.2. The number of carbonyl (C=O) groups excluding carboxylic acids is 4. The maximum absolute atomic E-state index is 14.0. The molecule has 0 spiro atoms. The van der Waals surface area contributed by atoms with Crippen molar-refractivity contribution in [3.8, 4) is 0 Å². The number of ether oxygens (including phenoxy) is 1. The average molecular weight is 672 g/mol. The molecular weight excluding hydrogens is 630 g/mol. The molecule has 254 valence electrons. The number of amides is 5. The molecule has 47 heavy (non-hydrogen) atoms. The third-order valence-corrected chi connectivity index (χ3v) is 11.6. The lowest BCUT2D eigenvalue weighted by atomic mass is 10.0. The van der Waals surface area contributed by atoms with Crippen LogP contribution in [0.2, 0.25) is 0 Å². The standard InChI is InChI=1S/C32H41N5O9S/c38-27-26-16-23(46-31(43)36-15-14-20-8-6-7-9-21(20)18-36)19-37(26)28(39)25(33-30(41)42)11-5-3-1-2-4-10-22-17-32(22,34-27)29(40)35-47(44,45)24-12-13-24/h4,6-10,22-26,33H,1-3,5,11-19H2,(H,34,38)(H,35,40)(H,41,42)/b10-4-/t22-,23-,25+,26+,32-/m1/s1. The number of nitrogens with zero attached hydrogens (tertiary/aromatic N) is 2. The van der Waals surface area contributed by atoms with E-state index in [-0.39, 0.29) is 25.8 Å². The van der Waals surface area contributed by atoms with Gasteiger partial charge in [0.15, 0.2) is 0 Å². The van der Waals surface area contributed by atoms with Crippen LogP contribution in [-0.2, 0) is 42.1 Å². The van der Waals surface area contributed by atoms with Crippen molar-refractivity contribution in [3.63, 3.8) is 0 Å². The van der Waals surface area contributed by atoms with Crippen molar-refractivity contribution in [2.24, 2.45) is 5.92 Å². The van der Waals surface area contributed by atoms with Gasteiger partial charge < -0.3 is 30.3 Å². The normalized spacial score (nSPS) is 30.3. The fraction of sp³-hybridized carbons (Fsp3) is 0.594. The van der Waals surface area contributed by atoms with Gasteiger partial charge in [0.25, 0.3) is 5.91 Å². The van der Waals surface area contributed by atoms with Crippen LogP contribution in [0.25, 0.3) is 0 Å². The molecular formula is C32H41N5O9S. The number of hydrogen-bond donors (Lipinski definition) is 4. The highest BCUT2D eigenvalue weighted by Gasteiger charge is 2.62. The van der Waals surface area contributed by atoms with Crippen molar-refractivity contribution in [3.05, 3.63) is 47.5 Å². The van der Waals surface area contributed by atoms with Crippen molar-refractivity contribution in [1.29, 1.82) is 0 Å². The van der Waals surface area contributed by atoms with Crippen LogP contribution in [-0.4, -0.2) is 95.3 Å². The predicted octanol–water partition coefficient (Wildman–Crippen LogP) is 1.79. The molecule has 6 rings (SSSR count). The number of hydrogen-bond acceptors (Lipinski definition) is 8. The molecule has 1 aromatic rings. The fourth-order valence-corrected chi connectivity index (χ4v) is 8.23. The summed E-state index contributed by atoms with van der Waals surface area (Å²) in [6, 6.07) is 5.48. The van der Waals surface area contributed by atoms with E-state index in [4.69, 9.17) is 4.74 Å². The SMILES string of the molecule is O=C(O)N[C@H]1CCCCC/C=C\[C@@H]2C[C@@]2(C(=O)NS(=O)(=O)C2CC2)NC(=O)[C@@H]2C[C@@H](OC(=O)N3CCc4ccccc4C3)CN2C1=O. The topological polar surface area (TPSA) is 192 Å². The summed E-state index contributed by atoms with van der Waals surface area (Å²) in [4.78, 5) is 69.1. The molecule has 0 radical (unpaired) electrons. The van der Waals surface area contributed by atoms with Crippen LogP contribution in [0.5, 0.6) is 0 Å². The predicted molar refractivity (Wildman–Crippen MR) is 167 cm³/mol. The Bertz CT molecular complexity index is 1580. The quantitative estimate of drug-likeness (QED) is 0.338. The van der Waals surface area contributed by atoms with Gasteiger partial charge in [-0.15, -0.1) is 0 Å². The number of allylic oxidation sites excluding steroid dienone is 1. The minimum atomic E-state index is -3.89. The second-order valence-corrected chi connectivity index (χ2v) is 15.2. The molecule has 14 nitrogen and oxygen atoms in total. The van der Waals surface area contributed by atoms with Crippen molar-refractivity contribution < 1.29 is 42.2 Å². The molecule has 2 aliphatic carbocycles. The fourth-order valence-electron chi connectivity index (χ4n) is 6.87. The number of nitrogens with one attached hydrogen (secondary N) is 3. The Labute approximate surface area is 273 Å². The Morgan fingerprint density at radius 3 is 2.55 bits per heavy atom. The van der Waals surface area contributed by atoms with Crippen LogP contribution in [0.1, 0.15) is 68.9 Å². The number of benzene rings is 1. The molecule has 5 aliphatic rings. The number of sulfonamides is 1. The van der Waals surface area contributed by atoms with E-state index in [0.717, 1.165) is 17.5 Å². The monoisotopic (exact) mass is 671 g/mol. The number of carboxylic acid groups (broad SMARTS) is 1. The van der Waals surface area contributed by atoms with Crippen LogP contribution in [0.3, 0.4) is 0 Å². The average Bonchev–Trinajstić information content (AvgIpc) is 3.96. The summed E-state index contributed by atoms with van der Waals surface area (Å²) < 4.78 is 33.3. The van der Waals surface area contributed by atoms with Crippen LogP contribution >= 0.6 is 0 Å².